The fourth-order valence-electron chi connectivity index (χ4n) is 4.23. The van der Waals surface area contributed by atoms with E-state index in [-0.39, 0.29) is 0 Å². The van der Waals surface area contributed by atoms with Crippen molar-refractivity contribution in [3.63, 3.8) is 0 Å². The van der Waals surface area contributed by atoms with E-state index in [2.05, 4.69) is 67.4 Å². The van der Waals surface area contributed by atoms with Gasteiger partial charge in [-0.1, -0.05) is 67.9 Å². The summed E-state index contributed by atoms with van der Waals surface area (Å²) in [6.07, 6.45) is 6.24. The van der Waals surface area contributed by atoms with Gasteiger partial charge in [0, 0.05) is 16.5 Å². The van der Waals surface area contributed by atoms with Crippen molar-refractivity contribution in [2.75, 3.05) is 25.0 Å². The van der Waals surface area contributed by atoms with Gasteiger partial charge in [0.05, 0.1) is 5.52 Å². The Morgan fingerprint density at radius 3 is 2.35 bits per heavy atom. The molecule has 0 saturated heterocycles. The second kappa shape index (κ2) is 11.5. The lowest BCUT2D eigenvalue weighted by Crippen LogP contribution is -2.25. The largest absolute Gasteiger partial charge is 0.367 e. The highest BCUT2D eigenvalue weighted by Crippen LogP contribution is 2.27. The number of hydrogen-bond acceptors (Lipinski definition) is 4. The van der Waals surface area contributed by atoms with Gasteiger partial charge >= 0.3 is 0 Å². The Morgan fingerprint density at radius 1 is 0.941 bits per heavy atom. The lowest BCUT2D eigenvalue weighted by Gasteiger charge is -2.20. The first-order valence-electron chi connectivity index (χ1n) is 12.2. The van der Waals surface area contributed by atoms with Crippen LogP contribution < -0.4 is 5.32 Å². The van der Waals surface area contributed by atoms with Gasteiger partial charge in [0.2, 0.25) is 0 Å². The van der Waals surface area contributed by atoms with Gasteiger partial charge in [0.25, 0.3) is 0 Å². The molecule has 0 amide bonds. The van der Waals surface area contributed by atoms with E-state index in [0.29, 0.717) is 11.9 Å². The van der Waals surface area contributed by atoms with E-state index in [9.17, 15) is 0 Å². The Hall–Kier alpha value is -2.95. The van der Waals surface area contributed by atoms with Gasteiger partial charge in [-0.15, -0.1) is 0 Å². The zero-order chi connectivity index (χ0) is 23.9. The molecule has 0 bridgehead atoms. The predicted molar refractivity (Wildman–Crippen MR) is 148 cm³/mol. The molecule has 1 N–H and O–H groups in total. The number of halogens is 1. The van der Waals surface area contributed by atoms with E-state index < -0.39 is 0 Å². The Bertz CT molecular complexity index is 1260. The number of rotatable bonds is 10. The molecular formula is C29H33ClN4. The molecule has 4 rings (SSSR count). The molecular weight excluding hydrogens is 440 g/mol. The third-order valence-corrected chi connectivity index (χ3v) is 6.52. The van der Waals surface area contributed by atoms with E-state index in [1.165, 1.54) is 10.8 Å². The quantitative estimate of drug-likeness (QED) is 0.242. The summed E-state index contributed by atoms with van der Waals surface area (Å²) >= 11 is 6.02. The zero-order valence-corrected chi connectivity index (χ0v) is 21.0. The summed E-state index contributed by atoms with van der Waals surface area (Å²) in [5, 5.41) is 7.84. The molecule has 0 aliphatic carbocycles. The maximum atomic E-state index is 6.02. The summed E-state index contributed by atoms with van der Waals surface area (Å²) in [6.45, 7) is 10.0. The Morgan fingerprint density at radius 2 is 1.65 bits per heavy atom. The van der Waals surface area contributed by atoms with Crippen LogP contribution in [0.5, 0.6) is 0 Å². The average molecular weight is 473 g/mol. The lowest BCUT2D eigenvalue weighted by atomic mass is 10.1. The second-order valence-electron chi connectivity index (χ2n) is 8.75. The fourth-order valence-corrected chi connectivity index (χ4v) is 4.36. The van der Waals surface area contributed by atoms with Crippen molar-refractivity contribution in [2.24, 2.45) is 0 Å². The van der Waals surface area contributed by atoms with Gasteiger partial charge < -0.3 is 10.2 Å². The van der Waals surface area contributed by atoms with Crippen LogP contribution in [0.3, 0.4) is 0 Å². The molecule has 0 spiro atoms. The smallest absolute Gasteiger partial charge is 0.154 e. The molecule has 1 heterocycles. The van der Waals surface area contributed by atoms with Crippen LogP contribution in [-0.4, -0.2) is 40.5 Å². The maximum absolute atomic E-state index is 6.02. The van der Waals surface area contributed by atoms with Crippen molar-refractivity contribution in [2.45, 2.75) is 39.7 Å². The maximum Gasteiger partial charge on any atom is 0.154 e. The van der Waals surface area contributed by atoms with Crippen LogP contribution in [0, 0.1) is 0 Å². The number of nitrogens with zero attached hydrogens (tertiary/aromatic N) is 3. The molecule has 1 atom stereocenters. The molecule has 1 aromatic heterocycles. The zero-order valence-electron chi connectivity index (χ0n) is 20.3. The summed E-state index contributed by atoms with van der Waals surface area (Å²) in [4.78, 5) is 12.2. The summed E-state index contributed by atoms with van der Waals surface area (Å²) in [5.74, 6) is 1.58. The average Bonchev–Trinajstić information content (AvgIpc) is 2.85. The molecule has 1 unspecified atom stereocenters. The van der Waals surface area contributed by atoms with Crippen molar-refractivity contribution >= 4 is 51.2 Å². The Kier molecular flexibility index (Phi) is 8.15. The number of fused-ring (bicyclic) bond motifs is 2. The molecule has 0 saturated carbocycles. The highest BCUT2D eigenvalue weighted by molar-refractivity contribution is 6.30. The highest BCUT2D eigenvalue weighted by Gasteiger charge is 2.11. The van der Waals surface area contributed by atoms with Crippen molar-refractivity contribution < 1.29 is 0 Å². The molecule has 34 heavy (non-hydrogen) atoms. The van der Waals surface area contributed by atoms with Crippen LogP contribution in [0.1, 0.15) is 45.0 Å². The van der Waals surface area contributed by atoms with Gasteiger partial charge in [0.1, 0.15) is 5.82 Å². The van der Waals surface area contributed by atoms with Crippen LogP contribution in [0.4, 0.5) is 5.82 Å². The number of aromatic nitrogens is 2. The molecule has 0 fully saturated rings. The third kappa shape index (κ3) is 6.13. The van der Waals surface area contributed by atoms with E-state index in [1.54, 1.807) is 0 Å². The van der Waals surface area contributed by atoms with Crippen LogP contribution in [0.25, 0.3) is 33.8 Å². The van der Waals surface area contributed by atoms with Gasteiger partial charge in [-0.2, -0.15) is 0 Å². The fraction of sp³-hybridized carbons (Fsp3) is 0.310. The molecule has 4 nitrogen and oxygen atoms in total. The minimum Gasteiger partial charge on any atom is -0.367 e. The van der Waals surface area contributed by atoms with Crippen molar-refractivity contribution in [1.82, 2.24) is 14.9 Å². The standard InChI is InChI=1S/C29H33ClN4/c1-4-34(5-2)18-8-9-21(3)31-29-26-19-23-10-6-7-11-24(23)20-27(26)32-28(33-29)17-14-22-12-15-25(30)16-13-22/h6-7,10-17,19-21H,4-5,8-9,18H2,1-3H3,(H,31,32,33)/b17-14+. The van der Waals surface area contributed by atoms with Gasteiger partial charge in [-0.3, -0.25) is 0 Å². The number of nitrogens with one attached hydrogen (secondary N) is 1. The number of hydrogen-bond donors (Lipinski definition) is 1. The number of benzene rings is 3. The summed E-state index contributed by atoms with van der Waals surface area (Å²) < 4.78 is 0. The van der Waals surface area contributed by atoms with Crippen molar-refractivity contribution in [1.29, 1.82) is 0 Å². The summed E-state index contributed by atoms with van der Waals surface area (Å²) in [5.41, 5.74) is 2.01. The van der Waals surface area contributed by atoms with Crippen LogP contribution in [-0.2, 0) is 0 Å². The second-order valence-corrected chi connectivity index (χ2v) is 9.18. The molecule has 4 aromatic rings. The minimum absolute atomic E-state index is 0.313. The van der Waals surface area contributed by atoms with Crippen LogP contribution >= 0.6 is 11.6 Å². The van der Waals surface area contributed by atoms with E-state index in [1.807, 2.05) is 36.4 Å². The van der Waals surface area contributed by atoms with Gasteiger partial charge in [-0.05, 0) is 86.1 Å². The van der Waals surface area contributed by atoms with Gasteiger partial charge in [0.15, 0.2) is 5.82 Å². The molecule has 176 valence electrons. The molecule has 0 aliphatic rings. The van der Waals surface area contributed by atoms with Crippen LogP contribution in [0.2, 0.25) is 5.02 Å². The van der Waals surface area contributed by atoms with Gasteiger partial charge in [-0.25, -0.2) is 9.97 Å². The van der Waals surface area contributed by atoms with Crippen LogP contribution in [0.15, 0.2) is 60.7 Å². The first kappa shape index (κ1) is 24.2. The minimum atomic E-state index is 0.313. The van der Waals surface area contributed by atoms with Crippen molar-refractivity contribution in [3.05, 3.63) is 77.1 Å². The molecule has 0 aliphatic heterocycles. The first-order valence-corrected chi connectivity index (χ1v) is 12.6. The SMILES string of the molecule is CCN(CC)CCCC(C)Nc1nc(/C=C/c2ccc(Cl)cc2)nc2cc3ccccc3cc12. The van der Waals surface area contributed by atoms with Crippen molar-refractivity contribution in [3.8, 4) is 0 Å². The third-order valence-electron chi connectivity index (χ3n) is 6.26. The molecule has 5 heteroatoms. The highest BCUT2D eigenvalue weighted by atomic mass is 35.5. The van der Waals surface area contributed by atoms with E-state index >= 15 is 0 Å². The Labute approximate surface area is 207 Å². The topological polar surface area (TPSA) is 41.0 Å². The normalized spacial score (nSPS) is 12.7. The summed E-state index contributed by atoms with van der Waals surface area (Å²) in [7, 11) is 0. The van der Waals surface area contributed by atoms with E-state index in [0.717, 1.165) is 59.8 Å². The molecule has 0 radical (unpaired) electrons. The predicted octanol–water partition coefficient (Wildman–Crippen LogP) is 7.53. The first-order chi connectivity index (χ1) is 16.6. The Balaban J connectivity index is 1.63. The number of anilines is 1. The lowest BCUT2D eigenvalue weighted by molar-refractivity contribution is 0.295. The van der Waals surface area contributed by atoms with E-state index in [4.69, 9.17) is 21.6 Å². The monoisotopic (exact) mass is 472 g/mol. The summed E-state index contributed by atoms with van der Waals surface area (Å²) in [6, 6.07) is 20.8. The molecule has 3 aromatic carbocycles.